The monoisotopic (exact) mass is 373 g/mol. The van der Waals surface area contributed by atoms with Gasteiger partial charge in [0.2, 0.25) is 5.13 Å². The summed E-state index contributed by atoms with van der Waals surface area (Å²) < 4.78 is 12.6. The fourth-order valence-electron chi connectivity index (χ4n) is 2.62. The van der Waals surface area contributed by atoms with Gasteiger partial charge in [-0.15, -0.1) is 0 Å². The molecule has 0 fully saturated rings. The van der Waals surface area contributed by atoms with Gasteiger partial charge in [0.05, 0.1) is 29.3 Å². The fraction of sp³-hybridized carbons (Fsp3) is 0.278. The van der Waals surface area contributed by atoms with Crippen LogP contribution in [0.2, 0.25) is 0 Å². The van der Waals surface area contributed by atoms with E-state index >= 15 is 0 Å². The molecule has 0 spiro atoms. The van der Waals surface area contributed by atoms with Gasteiger partial charge in [0.1, 0.15) is 11.0 Å². The van der Waals surface area contributed by atoms with E-state index in [1.165, 1.54) is 29.2 Å². The zero-order valence-corrected chi connectivity index (χ0v) is 15.6. The molecule has 7 nitrogen and oxygen atoms in total. The number of nitrogens with one attached hydrogen (secondary N) is 1. The number of carbonyl (C=O) groups excluding carboxylic acids is 1. The van der Waals surface area contributed by atoms with E-state index in [0.29, 0.717) is 34.5 Å². The number of para-hydroxylation sites is 1. The number of aromatic nitrogens is 3. The second kappa shape index (κ2) is 7.57. The molecule has 0 aliphatic rings. The fourth-order valence-corrected chi connectivity index (χ4v) is 3.55. The van der Waals surface area contributed by atoms with Crippen molar-refractivity contribution in [2.24, 2.45) is 0 Å². The van der Waals surface area contributed by atoms with E-state index < -0.39 is 5.97 Å². The zero-order chi connectivity index (χ0) is 18.7. The van der Waals surface area contributed by atoms with E-state index in [1.54, 1.807) is 0 Å². The Morgan fingerprint density at radius 3 is 2.77 bits per heavy atom. The molecule has 0 bridgehead atoms. The first kappa shape index (κ1) is 17.9. The third-order valence-corrected chi connectivity index (χ3v) is 4.80. The molecule has 0 atom stereocenters. The minimum absolute atomic E-state index is 0.315. The van der Waals surface area contributed by atoms with Gasteiger partial charge in [0, 0.05) is 12.5 Å². The second-order valence-corrected chi connectivity index (χ2v) is 6.39. The molecule has 3 rings (SSSR count). The lowest BCUT2D eigenvalue weighted by molar-refractivity contribution is -0.133. The van der Waals surface area contributed by atoms with E-state index in [4.69, 9.17) is 9.47 Å². The van der Waals surface area contributed by atoms with Crippen LogP contribution in [0.5, 0.6) is 0 Å². The average molecular weight is 373 g/mol. The van der Waals surface area contributed by atoms with Gasteiger partial charge < -0.3 is 9.47 Å². The van der Waals surface area contributed by atoms with E-state index in [9.17, 15) is 9.59 Å². The summed E-state index contributed by atoms with van der Waals surface area (Å²) in [6.45, 7) is 4.16. The Morgan fingerprint density at radius 2 is 2.12 bits per heavy atom. The molecule has 1 aromatic carbocycles. The number of carbonyl (C=O) groups is 1. The molecular formula is C18H19N3O4S. The highest BCUT2D eigenvalue weighted by atomic mass is 32.1. The lowest BCUT2D eigenvalue weighted by Gasteiger charge is -2.03. The van der Waals surface area contributed by atoms with Crippen molar-refractivity contribution in [3.05, 3.63) is 45.2 Å². The highest BCUT2D eigenvalue weighted by Crippen LogP contribution is 2.22. The van der Waals surface area contributed by atoms with E-state index in [1.807, 2.05) is 38.1 Å². The molecule has 3 aromatic rings. The van der Waals surface area contributed by atoms with Crippen molar-refractivity contribution >= 4 is 39.4 Å². The normalized spacial score (nSPS) is 13.1. The maximum Gasteiger partial charge on any atom is 0.332 e. The quantitative estimate of drug-likeness (QED) is 0.681. The molecule has 2 aromatic heterocycles. The number of aromatic amines is 1. The summed E-state index contributed by atoms with van der Waals surface area (Å²) in [6.07, 6.45) is 1.76. The first-order valence-corrected chi connectivity index (χ1v) is 9.03. The van der Waals surface area contributed by atoms with Crippen LogP contribution in [0.25, 0.3) is 27.2 Å². The minimum Gasteiger partial charge on any atom is -0.497 e. The third kappa shape index (κ3) is 3.28. The van der Waals surface area contributed by atoms with E-state index in [2.05, 4.69) is 10.1 Å². The SMILES string of the molecule is CCOC(CC)=c1c(=O)n(-c2nc3ccccc3s2)[nH]/c1=C\C(=O)OC. The van der Waals surface area contributed by atoms with E-state index in [0.717, 1.165) is 10.2 Å². The summed E-state index contributed by atoms with van der Waals surface area (Å²) >= 11 is 1.38. The maximum atomic E-state index is 13.0. The van der Waals surface area contributed by atoms with Crippen molar-refractivity contribution in [2.75, 3.05) is 13.7 Å². The number of hydrogen-bond acceptors (Lipinski definition) is 6. The van der Waals surface area contributed by atoms with Gasteiger partial charge in [-0.25, -0.2) is 9.78 Å². The van der Waals surface area contributed by atoms with Gasteiger partial charge in [-0.05, 0) is 19.1 Å². The molecule has 1 N–H and O–H groups in total. The molecule has 0 radical (unpaired) electrons. The lowest BCUT2D eigenvalue weighted by atomic mass is 10.3. The second-order valence-electron chi connectivity index (χ2n) is 5.38. The van der Waals surface area contributed by atoms with Crippen molar-refractivity contribution in [1.82, 2.24) is 14.8 Å². The Labute approximate surface area is 153 Å². The first-order chi connectivity index (χ1) is 12.6. The number of H-pyrrole nitrogens is 1. The van der Waals surface area contributed by atoms with Crippen LogP contribution in [0.3, 0.4) is 0 Å². The summed E-state index contributed by atoms with van der Waals surface area (Å²) in [5.41, 5.74) is 0.489. The van der Waals surface area contributed by atoms with Gasteiger partial charge in [0.15, 0.2) is 0 Å². The van der Waals surface area contributed by atoms with Crippen LogP contribution in [0.4, 0.5) is 0 Å². The summed E-state index contributed by atoms with van der Waals surface area (Å²) in [7, 11) is 1.29. The molecule has 0 saturated heterocycles. The van der Waals surface area contributed by atoms with Gasteiger partial charge in [-0.1, -0.05) is 30.4 Å². The third-order valence-electron chi connectivity index (χ3n) is 3.77. The van der Waals surface area contributed by atoms with Crippen LogP contribution in [0, 0.1) is 0 Å². The van der Waals surface area contributed by atoms with Crippen molar-refractivity contribution in [2.45, 2.75) is 20.3 Å². The van der Waals surface area contributed by atoms with Crippen LogP contribution in [0.1, 0.15) is 20.3 Å². The number of benzene rings is 1. The van der Waals surface area contributed by atoms with Crippen molar-refractivity contribution in [3.8, 4) is 5.13 Å². The molecular weight excluding hydrogens is 354 g/mol. The average Bonchev–Trinajstić information content (AvgIpc) is 3.21. The smallest absolute Gasteiger partial charge is 0.332 e. The van der Waals surface area contributed by atoms with Gasteiger partial charge in [0.25, 0.3) is 5.56 Å². The number of nitrogens with zero attached hydrogens (tertiary/aromatic N) is 2. The molecule has 26 heavy (non-hydrogen) atoms. The van der Waals surface area contributed by atoms with Crippen LogP contribution >= 0.6 is 11.3 Å². The predicted molar refractivity (Wildman–Crippen MR) is 101 cm³/mol. The summed E-state index contributed by atoms with van der Waals surface area (Å²) in [5, 5.41) is 4.11. The lowest BCUT2D eigenvalue weighted by Crippen LogP contribution is -2.38. The van der Waals surface area contributed by atoms with Crippen LogP contribution in [-0.2, 0) is 14.3 Å². The molecule has 0 saturated carbocycles. The first-order valence-electron chi connectivity index (χ1n) is 8.21. The van der Waals surface area contributed by atoms with Crippen molar-refractivity contribution in [1.29, 1.82) is 0 Å². The number of ether oxygens (including phenoxy) is 2. The van der Waals surface area contributed by atoms with Gasteiger partial charge in [-0.2, -0.15) is 4.68 Å². The Kier molecular flexibility index (Phi) is 5.22. The number of hydrogen-bond donors (Lipinski definition) is 1. The number of rotatable bonds is 5. The zero-order valence-electron chi connectivity index (χ0n) is 14.7. The molecule has 8 heteroatoms. The summed E-state index contributed by atoms with van der Waals surface area (Å²) in [6, 6.07) is 7.64. The number of esters is 1. The van der Waals surface area contributed by atoms with Crippen molar-refractivity contribution in [3.63, 3.8) is 0 Å². The van der Waals surface area contributed by atoms with Crippen LogP contribution in [-0.4, -0.2) is 34.5 Å². The maximum absolute atomic E-state index is 13.0. The Morgan fingerprint density at radius 1 is 1.35 bits per heavy atom. The van der Waals surface area contributed by atoms with Gasteiger partial charge >= 0.3 is 5.97 Å². The van der Waals surface area contributed by atoms with Gasteiger partial charge in [-0.3, -0.25) is 9.89 Å². The number of thiazole rings is 1. The molecule has 0 amide bonds. The molecule has 0 aliphatic carbocycles. The highest BCUT2D eigenvalue weighted by Gasteiger charge is 2.14. The minimum atomic E-state index is -0.559. The largest absolute Gasteiger partial charge is 0.497 e. The molecule has 0 aliphatic heterocycles. The summed E-state index contributed by atoms with van der Waals surface area (Å²) in [5.74, 6) is -0.0420. The molecule has 136 valence electrons. The summed E-state index contributed by atoms with van der Waals surface area (Å²) in [4.78, 5) is 29.3. The standard InChI is InChI=1S/C18H19N3O4S/c1-4-13(25-5-2)16-12(10-15(22)24-3)20-21(17(16)23)18-19-11-8-6-7-9-14(11)26-18/h6-10,20H,4-5H2,1-3H3/b12-10-,16-13?. The predicted octanol–water partition coefficient (Wildman–Crippen LogP) is 1.28. The highest BCUT2D eigenvalue weighted by molar-refractivity contribution is 7.20. The Balaban J connectivity index is 2.33. The number of methoxy groups -OCH3 is 1. The Bertz CT molecular complexity index is 1090. The number of fused-ring (bicyclic) bond motifs is 1. The molecule has 0 unspecified atom stereocenters. The topological polar surface area (TPSA) is 86.2 Å². The van der Waals surface area contributed by atoms with Crippen LogP contribution < -0.4 is 16.1 Å². The Hall–Kier alpha value is -2.87. The van der Waals surface area contributed by atoms with Crippen LogP contribution in [0.15, 0.2) is 29.1 Å². The van der Waals surface area contributed by atoms with E-state index in [-0.39, 0.29) is 5.56 Å². The molecule has 2 heterocycles. The van der Waals surface area contributed by atoms with Crippen molar-refractivity contribution < 1.29 is 14.3 Å².